The zero-order valence-electron chi connectivity index (χ0n) is 14.8. The van der Waals surface area contributed by atoms with Crippen LogP contribution in [0.1, 0.15) is 69.9 Å². The molecule has 1 amide bonds. The van der Waals surface area contributed by atoms with Gasteiger partial charge in [-0.05, 0) is 24.7 Å². The zero-order chi connectivity index (χ0) is 17.5. The van der Waals surface area contributed by atoms with Gasteiger partial charge >= 0.3 is 0 Å². The lowest BCUT2D eigenvalue weighted by atomic mass is 9.83. The molecule has 1 heterocycles. The highest BCUT2D eigenvalue weighted by atomic mass is 32.1. The van der Waals surface area contributed by atoms with Gasteiger partial charge in [-0.3, -0.25) is 4.79 Å². The van der Waals surface area contributed by atoms with Crippen LogP contribution in [0.2, 0.25) is 0 Å². The number of nitrogens with two attached hydrogens (primary N) is 1. The van der Waals surface area contributed by atoms with E-state index in [1.165, 1.54) is 43.4 Å². The number of hydrogen-bond donors (Lipinski definition) is 3. The lowest BCUT2D eigenvalue weighted by Crippen LogP contribution is -2.48. The van der Waals surface area contributed by atoms with E-state index < -0.39 is 12.1 Å². The molecule has 3 atom stereocenters. The molecule has 1 aromatic rings. The summed E-state index contributed by atoms with van der Waals surface area (Å²) >= 11 is 1.42. The standard InChI is InChI=1S/C18H31N3O2S/c1-12(2)10-14(19)17(23)21-15(11-13-6-4-3-5-7-13)16(22)18-20-8-9-24-18/h8-9,12-16,22H,3-7,10-11,19H2,1-2H3,(H,21,23)/t14-,15-,16+/m0/s1. The SMILES string of the molecule is CC(C)C[C@H](N)C(=O)N[C@@H](CC1CCCCC1)[C@@H](O)c1nccs1. The van der Waals surface area contributed by atoms with Gasteiger partial charge in [-0.15, -0.1) is 11.3 Å². The number of amides is 1. The Balaban J connectivity index is 2.02. The molecule has 0 aromatic carbocycles. The molecule has 0 aliphatic heterocycles. The highest BCUT2D eigenvalue weighted by Crippen LogP contribution is 2.31. The monoisotopic (exact) mass is 353 g/mol. The third kappa shape index (κ3) is 5.83. The minimum Gasteiger partial charge on any atom is -0.384 e. The summed E-state index contributed by atoms with van der Waals surface area (Å²) in [5.41, 5.74) is 6.01. The van der Waals surface area contributed by atoms with Crippen molar-refractivity contribution in [3.05, 3.63) is 16.6 Å². The topological polar surface area (TPSA) is 88.2 Å². The van der Waals surface area contributed by atoms with Gasteiger partial charge in [-0.25, -0.2) is 4.98 Å². The smallest absolute Gasteiger partial charge is 0.237 e. The van der Waals surface area contributed by atoms with E-state index >= 15 is 0 Å². The molecule has 0 unspecified atom stereocenters. The van der Waals surface area contributed by atoms with E-state index in [-0.39, 0.29) is 11.9 Å². The van der Waals surface area contributed by atoms with Crippen LogP contribution in [0.5, 0.6) is 0 Å². The van der Waals surface area contributed by atoms with Crippen LogP contribution >= 0.6 is 11.3 Å². The van der Waals surface area contributed by atoms with Crippen molar-refractivity contribution < 1.29 is 9.90 Å². The number of aromatic nitrogens is 1. The Hall–Kier alpha value is -0.980. The van der Waals surface area contributed by atoms with Gasteiger partial charge in [-0.2, -0.15) is 0 Å². The maximum absolute atomic E-state index is 12.4. The van der Waals surface area contributed by atoms with E-state index in [1.807, 2.05) is 5.38 Å². The summed E-state index contributed by atoms with van der Waals surface area (Å²) in [4.78, 5) is 16.7. The van der Waals surface area contributed by atoms with E-state index in [4.69, 9.17) is 5.73 Å². The summed E-state index contributed by atoms with van der Waals surface area (Å²) in [6.07, 6.45) is 8.49. The number of carbonyl (C=O) groups excluding carboxylic acids is 1. The highest BCUT2D eigenvalue weighted by Gasteiger charge is 2.29. The summed E-state index contributed by atoms with van der Waals surface area (Å²) in [6.45, 7) is 4.11. The number of thiazole rings is 1. The number of aliphatic hydroxyl groups is 1. The molecular weight excluding hydrogens is 322 g/mol. The zero-order valence-corrected chi connectivity index (χ0v) is 15.6. The molecule has 24 heavy (non-hydrogen) atoms. The Morgan fingerprint density at radius 1 is 1.42 bits per heavy atom. The average molecular weight is 354 g/mol. The van der Waals surface area contributed by atoms with Crippen LogP contribution in [0, 0.1) is 11.8 Å². The number of nitrogens with zero attached hydrogens (tertiary/aromatic N) is 1. The molecule has 1 aliphatic rings. The molecule has 0 saturated heterocycles. The Kier molecular flexibility index (Phi) is 7.65. The number of aliphatic hydroxyl groups excluding tert-OH is 1. The first-order chi connectivity index (χ1) is 11.5. The molecule has 1 saturated carbocycles. The van der Waals surface area contributed by atoms with Gasteiger partial charge in [0.1, 0.15) is 11.1 Å². The Bertz CT molecular complexity index is 486. The second kappa shape index (κ2) is 9.49. The van der Waals surface area contributed by atoms with Crippen LogP contribution in [0.3, 0.4) is 0 Å². The van der Waals surface area contributed by atoms with E-state index in [0.717, 1.165) is 6.42 Å². The third-order valence-electron chi connectivity index (χ3n) is 4.79. The fourth-order valence-electron chi connectivity index (χ4n) is 3.51. The van der Waals surface area contributed by atoms with Crippen molar-refractivity contribution in [1.82, 2.24) is 10.3 Å². The second-order valence-corrected chi connectivity index (χ2v) is 8.33. The number of carbonyl (C=O) groups is 1. The summed E-state index contributed by atoms with van der Waals surface area (Å²) in [5.74, 6) is 0.756. The number of hydrogen-bond acceptors (Lipinski definition) is 5. The molecule has 2 rings (SSSR count). The Morgan fingerprint density at radius 3 is 2.71 bits per heavy atom. The van der Waals surface area contributed by atoms with Crippen molar-refractivity contribution in [1.29, 1.82) is 0 Å². The molecule has 0 spiro atoms. The maximum Gasteiger partial charge on any atom is 0.237 e. The minimum absolute atomic E-state index is 0.167. The van der Waals surface area contributed by atoms with Crippen molar-refractivity contribution in [3.8, 4) is 0 Å². The summed E-state index contributed by atoms with van der Waals surface area (Å²) in [7, 11) is 0. The third-order valence-corrected chi connectivity index (χ3v) is 5.63. The van der Waals surface area contributed by atoms with E-state index in [1.54, 1.807) is 6.20 Å². The normalized spacial score (nSPS) is 19.9. The molecule has 4 N–H and O–H groups in total. The Morgan fingerprint density at radius 2 is 2.12 bits per heavy atom. The second-order valence-electron chi connectivity index (χ2n) is 7.41. The van der Waals surface area contributed by atoms with Crippen LogP contribution in [-0.2, 0) is 4.79 Å². The average Bonchev–Trinajstić information content (AvgIpc) is 3.08. The van der Waals surface area contributed by atoms with Gasteiger partial charge in [0.15, 0.2) is 0 Å². The molecule has 5 nitrogen and oxygen atoms in total. The van der Waals surface area contributed by atoms with Crippen molar-refractivity contribution in [2.45, 2.75) is 77.0 Å². The van der Waals surface area contributed by atoms with Crippen LogP contribution in [0.15, 0.2) is 11.6 Å². The molecule has 0 bridgehead atoms. The first kappa shape index (κ1) is 19.3. The minimum atomic E-state index is -0.762. The molecule has 136 valence electrons. The van der Waals surface area contributed by atoms with Gasteiger partial charge in [0.05, 0.1) is 12.1 Å². The van der Waals surface area contributed by atoms with E-state index in [9.17, 15) is 9.90 Å². The van der Waals surface area contributed by atoms with Gasteiger partial charge in [0, 0.05) is 11.6 Å². The van der Waals surface area contributed by atoms with Crippen LogP contribution in [0.4, 0.5) is 0 Å². The summed E-state index contributed by atoms with van der Waals surface area (Å²) in [6, 6.07) is -0.840. The van der Waals surface area contributed by atoms with Gasteiger partial charge < -0.3 is 16.2 Å². The molecule has 0 radical (unpaired) electrons. The molecule has 6 heteroatoms. The van der Waals surface area contributed by atoms with Crippen LogP contribution in [0.25, 0.3) is 0 Å². The lowest BCUT2D eigenvalue weighted by molar-refractivity contribution is -0.124. The molecule has 1 aromatic heterocycles. The predicted octanol–water partition coefficient (Wildman–Crippen LogP) is 3.01. The lowest BCUT2D eigenvalue weighted by Gasteiger charge is -2.30. The first-order valence-corrected chi connectivity index (χ1v) is 9.98. The highest BCUT2D eigenvalue weighted by molar-refractivity contribution is 7.09. The fraction of sp³-hybridized carbons (Fsp3) is 0.778. The van der Waals surface area contributed by atoms with Gasteiger partial charge in [-0.1, -0.05) is 46.0 Å². The van der Waals surface area contributed by atoms with Gasteiger partial charge in [0.25, 0.3) is 0 Å². The van der Waals surface area contributed by atoms with E-state index in [2.05, 4.69) is 24.1 Å². The molecule has 1 fully saturated rings. The van der Waals surface area contributed by atoms with Crippen LogP contribution < -0.4 is 11.1 Å². The largest absolute Gasteiger partial charge is 0.384 e. The van der Waals surface area contributed by atoms with Crippen molar-refractivity contribution in [2.24, 2.45) is 17.6 Å². The molecular formula is C18H31N3O2S. The predicted molar refractivity (Wildman–Crippen MR) is 97.6 cm³/mol. The molecule has 1 aliphatic carbocycles. The summed E-state index contributed by atoms with van der Waals surface area (Å²) in [5, 5.41) is 16.2. The Labute approximate surface area is 149 Å². The van der Waals surface area contributed by atoms with Crippen molar-refractivity contribution in [2.75, 3.05) is 0 Å². The summed E-state index contributed by atoms with van der Waals surface area (Å²) < 4.78 is 0. The van der Waals surface area contributed by atoms with E-state index in [0.29, 0.717) is 23.3 Å². The van der Waals surface area contributed by atoms with Crippen molar-refractivity contribution in [3.63, 3.8) is 0 Å². The number of nitrogens with one attached hydrogen (secondary N) is 1. The quantitative estimate of drug-likeness (QED) is 0.670. The number of rotatable bonds is 8. The first-order valence-electron chi connectivity index (χ1n) is 9.10. The maximum atomic E-state index is 12.4. The van der Waals surface area contributed by atoms with Gasteiger partial charge in [0.2, 0.25) is 5.91 Å². The van der Waals surface area contributed by atoms with Crippen LogP contribution in [-0.4, -0.2) is 28.1 Å². The van der Waals surface area contributed by atoms with Crippen molar-refractivity contribution >= 4 is 17.2 Å². The fourth-order valence-corrected chi connectivity index (χ4v) is 4.19.